The highest BCUT2D eigenvalue weighted by Gasteiger charge is 2.33. The lowest BCUT2D eigenvalue weighted by atomic mass is 10.2. The van der Waals surface area contributed by atoms with Crippen molar-refractivity contribution in [1.29, 1.82) is 0 Å². The zero-order valence-corrected chi connectivity index (χ0v) is 13.8. The fraction of sp³-hybridized carbons (Fsp3) is 0.529. The van der Waals surface area contributed by atoms with Crippen molar-refractivity contribution in [3.8, 4) is 0 Å². The molecule has 2 aromatic heterocycles. The molecule has 6 nitrogen and oxygen atoms in total. The van der Waals surface area contributed by atoms with E-state index in [4.69, 9.17) is 9.52 Å². The van der Waals surface area contributed by atoms with Gasteiger partial charge in [0.05, 0.1) is 13.1 Å². The first kappa shape index (κ1) is 17.0. The van der Waals surface area contributed by atoms with Crippen molar-refractivity contribution in [1.82, 2.24) is 19.8 Å². The molecule has 1 N–H and O–H groups in total. The number of nitrogens with zero attached hydrogens (tertiary/aromatic N) is 4. The van der Waals surface area contributed by atoms with Gasteiger partial charge in [-0.15, -0.1) is 0 Å². The van der Waals surface area contributed by atoms with E-state index in [0.29, 0.717) is 31.8 Å². The van der Waals surface area contributed by atoms with Gasteiger partial charge in [0, 0.05) is 31.5 Å². The average molecular weight is 334 g/mol. The molecular formula is C17H23FN4O2. The smallest absolute Gasteiger partial charge is 0.142 e. The van der Waals surface area contributed by atoms with Crippen LogP contribution in [0, 0.1) is 0 Å². The number of halogens is 1. The monoisotopic (exact) mass is 334 g/mol. The predicted molar refractivity (Wildman–Crippen MR) is 86.7 cm³/mol. The number of furan rings is 1. The molecule has 1 fully saturated rings. The molecule has 0 saturated carbocycles. The molecule has 0 aliphatic carbocycles. The Kier molecular flexibility index (Phi) is 5.55. The Morgan fingerprint density at radius 2 is 2.08 bits per heavy atom. The van der Waals surface area contributed by atoms with Gasteiger partial charge in [0.1, 0.15) is 30.1 Å². The van der Waals surface area contributed by atoms with E-state index in [2.05, 4.69) is 19.8 Å². The summed E-state index contributed by atoms with van der Waals surface area (Å²) in [6, 6.07) is 5.54. The van der Waals surface area contributed by atoms with Gasteiger partial charge in [-0.2, -0.15) is 0 Å². The molecular weight excluding hydrogens is 311 g/mol. The van der Waals surface area contributed by atoms with Crippen molar-refractivity contribution in [3.05, 3.63) is 47.9 Å². The van der Waals surface area contributed by atoms with Crippen LogP contribution in [-0.2, 0) is 19.7 Å². The van der Waals surface area contributed by atoms with Crippen molar-refractivity contribution < 1.29 is 13.9 Å². The minimum absolute atomic E-state index is 0.0965. The Morgan fingerprint density at radius 1 is 1.33 bits per heavy atom. The molecule has 130 valence electrons. The normalized spacial score (nSPS) is 21.7. The van der Waals surface area contributed by atoms with E-state index in [9.17, 15) is 4.39 Å². The Balaban J connectivity index is 1.57. The van der Waals surface area contributed by atoms with E-state index >= 15 is 0 Å². The lowest BCUT2D eigenvalue weighted by molar-refractivity contribution is 0.169. The molecule has 2 aromatic rings. The van der Waals surface area contributed by atoms with Gasteiger partial charge in [-0.05, 0) is 31.7 Å². The topological polar surface area (TPSA) is 65.6 Å². The molecule has 1 saturated heterocycles. The number of aromatic nitrogens is 2. The molecule has 7 heteroatoms. The molecule has 1 aliphatic heterocycles. The van der Waals surface area contributed by atoms with Crippen LogP contribution < -0.4 is 0 Å². The summed E-state index contributed by atoms with van der Waals surface area (Å²) in [7, 11) is 1.99. The fourth-order valence-electron chi connectivity index (χ4n) is 3.18. The van der Waals surface area contributed by atoms with Gasteiger partial charge in [-0.1, -0.05) is 0 Å². The number of rotatable bonds is 7. The molecule has 1 aliphatic rings. The van der Waals surface area contributed by atoms with Gasteiger partial charge in [-0.3, -0.25) is 9.80 Å². The predicted octanol–water partition coefficient (Wildman–Crippen LogP) is 1.61. The maximum absolute atomic E-state index is 13.9. The third-order valence-electron chi connectivity index (χ3n) is 4.26. The van der Waals surface area contributed by atoms with Gasteiger partial charge >= 0.3 is 0 Å². The number of hydrogen-bond acceptors (Lipinski definition) is 6. The van der Waals surface area contributed by atoms with E-state index in [1.807, 2.05) is 13.1 Å². The molecule has 0 radical (unpaired) electrons. The molecule has 3 heterocycles. The number of likely N-dealkylation sites (N-methyl/N-ethyl adjacent to an activating group) is 1. The summed E-state index contributed by atoms with van der Waals surface area (Å²) in [4.78, 5) is 12.7. The van der Waals surface area contributed by atoms with Crippen molar-refractivity contribution in [3.63, 3.8) is 0 Å². The summed E-state index contributed by atoms with van der Waals surface area (Å²) in [5, 5.41) is 9.05. The lowest BCUT2D eigenvalue weighted by Gasteiger charge is -2.27. The summed E-state index contributed by atoms with van der Waals surface area (Å²) >= 11 is 0. The molecule has 0 unspecified atom stereocenters. The van der Waals surface area contributed by atoms with Gasteiger partial charge in [-0.25, -0.2) is 14.4 Å². The first-order chi connectivity index (χ1) is 11.6. The third kappa shape index (κ3) is 4.37. The summed E-state index contributed by atoms with van der Waals surface area (Å²) in [5.41, 5.74) is 0. The van der Waals surface area contributed by atoms with Gasteiger partial charge in [0.15, 0.2) is 0 Å². The second-order valence-electron chi connectivity index (χ2n) is 6.30. The van der Waals surface area contributed by atoms with E-state index < -0.39 is 6.17 Å². The Bertz CT molecular complexity index is 637. The largest absolute Gasteiger partial charge is 0.462 e. The maximum atomic E-state index is 13.9. The molecule has 3 rings (SSSR count). The number of likely N-dealkylation sites (tertiary alicyclic amines) is 1. The zero-order valence-electron chi connectivity index (χ0n) is 13.8. The summed E-state index contributed by atoms with van der Waals surface area (Å²) < 4.78 is 19.4. The van der Waals surface area contributed by atoms with Crippen molar-refractivity contribution >= 4 is 0 Å². The molecule has 0 spiro atoms. The molecule has 0 aromatic carbocycles. The van der Waals surface area contributed by atoms with E-state index in [1.54, 1.807) is 24.5 Å². The average Bonchev–Trinajstić information content (AvgIpc) is 3.15. The molecule has 2 atom stereocenters. The van der Waals surface area contributed by atoms with Crippen LogP contribution in [-0.4, -0.2) is 57.2 Å². The number of alkyl halides is 1. The van der Waals surface area contributed by atoms with Crippen LogP contribution >= 0.6 is 0 Å². The van der Waals surface area contributed by atoms with Crippen LogP contribution in [0.3, 0.4) is 0 Å². The number of hydrogen-bond donors (Lipinski definition) is 1. The van der Waals surface area contributed by atoms with Gasteiger partial charge < -0.3 is 9.52 Å². The van der Waals surface area contributed by atoms with E-state index in [1.165, 1.54) is 0 Å². The van der Waals surface area contributed by atoms with Crippen LogP contribution in [0.4, 0.5) is 4.39 Å². The third-order valence-corrected chi connectivity index (χ3v) is 4.26. The number of aliphatic hydroxyl groups excluding tert-OH is 1. The van der Waals surface area contributed by atoms with Crippen LogP contribution in [0.1, 0.15) is 23.8 Å². The summed E-state index contributed by atoms with van der Waals surface area (Å²) in [5.74, 6) is 2.08. The highest BCUT2D eigenvalue weighted by Crippen LogP contribution is 2.23. The minimum atomic E-state index is -0.809. The number of aliphatic hydroxyl groups is 1. The van der Waals surface area contributed by atoms with Crippen molar-refractivity contribution in [2.75, 3.05) is 20.1 Å². The van der Waals surface area contributed by atoms with Crippen LogP contribution in [0.2, 0.25) is 0 Å². The lowest BCUT2D eigenvalue weighted by Crippen LogP contribution is -2.38. The second kappa shape index (κ2) is 7.83. The summed E-state index contributed by atoms with van der Waals surface area (Å²) in [6.07, 6.45) is 3.14. The van der Waals surface area contributed by atoms with E-state index in [-0.39, 0.29) is 12.6 Å². The van der Waals surface area contributed by atoms with Crippen LogP contribution in [0.5, 0.6) is 0 Å². The highest BCUT2D eigenvalue weighted by atomic mass is 19.1. The quantitative estimate of drug-likeness (QED) is 0.830. The van der Waals surface area contributed by atoms with Crippen LogP contribution in [0.25, 0.3) is 0 Å². The maximum Gasteiger partial charge on any atom is 0.142 e. The first-order valence-corrected chi connectivity index (χ1v) is 8.15. The van der Waals surface area contributed by atoms with Crippen LogP contribution in [0.15, 0.2) is 35.0 Å². The molecule has 24 heavy (non-hydrogen) atoms. The van der Waals surface area contributed by atoms with Gasteiger partial charge in [0.25, 0.3) is 0 Å². The zero-order chi connectivity index (χ0) is 16.9. The highest BCUT2D eigenvalue weighted by molar-refractivity contribution is 5.06. The standard InChI is InChI=1S/C17H23FN4O2/c1-21(10-15-3-4-16(12-23)24-15)9-14-7-13(18)8-22(14)11-17-19-5-2-6-20-17/h2-6,13-14,23H,7-12H2,1H3/t13-,14-/m0/s1. The Morgan fingerprint density at radius 3 is 2.79 bits per heavy atom. The molecule has 0 bridgehead atoms. The molecule has 0 amide bonds. The minimum Gasteiger partial charge on any atom is -0.462 e. The first-order valence-electron chi connectivity index (χ1n) is 8.15. The summed E-state index contributed by atoms with van der Waals surface area (Å²) in [6.45, 7) is 2.26. The fourth-order valence-corrected chi connectivity index (χ4v) is 3.18. The Hall–Kier alpha value is -1.83. The van der Waals surface area contributed by atoms with Crippen molar-refractivity contribution in [2.24, 2.45) is 0 Å². The van der Waals surface area contributed by atoms with Crippen molar-refractivity contribution in [2.45, 2.75) is 38.3 Å². The van der Waals surface area contributed by atoms with Gasteiger partial charge in [0.2, 0.25) is 0 Å². The Labute approximate surface area is 140 Å². The SMILES string of the molecule is CN(Cc1ccc(CO)o1)C[C@@H]1C[C@H](F)CN1Cc1ncccn1. The second-order valence-corrected chi connectivity index (χ2v) is 6.30. The van der Waals surface area contributed by atoms with E-state index in [0.717, 1.165) is 18.1 Å².